The fourth-order valence-electron chi connectivity index (χ4n) is 3.66. The number of carbonyl (C=O) groups excluding carboxylic acids is 1. The lowest BCUT2D eigenvalue weighted by atomic mass is 9.74. The predicted octanol–water partition coefficient (Wildman–Crippen LogP) is 3.61. The summed E-state index contributed by atoms with van der Waals surface area (Å²) in [5, 5.41) is 7.27. The Balaban J connectivity index is 1.54. The first-order valence-corrected chi connectivity index (χ1v) is 8.76. The van der Waals surface area contributed by atoms with Gasteiger partial charge in [-0.2, -0.15) is 5.10 Å². The van der Waals surface area contributed by atoms with Crippen LogP contribution in [0.25, 0.3) is 5.69 Å². The van der Waals surface area contributed by atoms with Crippen molar-refractivity contribution in [2.75, 3.05) is 0 Å². The number of carbonyl (C=O) groups is 1. The number of aromatic nitrogens is 3. The number of rotatable bonds is 3. The van der Waals surface area contributed by atoms with E-state index in [0.29, 0.717) is 5.56 Å². The molecule has 0 unspecified atom stereocenters. The van der Waals surface area contributed by atoms with Crippen molar-refractivity contribution in [3.05, 3.63) is 65.6 Å². The van der Waals surface area contributed by atoms with Crippen molar-refractivity contribution in [1.82, 2.24) is 20.1 Å². The number of benzene rings is 1. The molecule has 1 aliphatic rings. The second-order valence-electron chi connectivity index (χ2n) is 7.69. The van der Waals surface area contributed by atoms with Gasteiger partial charge in [0, 0.05) is 17.5 Å². The second-order valence-corrected chi connectivity index (χ2v) is 7.69. The maximum atomic E-state index is 12.8. The van der Waals surface area contributed by atoms with Gasteiger partial charge in [0.1, 0.15) is 24.2 Å². The summed E-state index contributed by atoms with van der Waals surface area (Å²) in [4.78, 5) is 16.7. The number of hydrogen-bond acceptors (Lipinski definition) is 4. The number of nitrogens with zero attached hydrogens (tertiary/aromatic N) is 3. The quantitative estimate of drug-likeness (QED) is 0.783. The summed E-state index contributed by atoms with van der Waals surface area (Å²) >= 11 is 0. The van der Waals surface area contributed by atoms with Crippen molar-refractivity contribution in [3.8, 4) is 5.69 Å². The van der Waals surface area contributed by atoms with Gasteiger partial charge in [0.15, 0.2) is 0 Å². The average Bonchev–Trinajstić information content (AvgIpc) is 3.23. The maximum absolute atomic E-state index is 12.8. The number of nitrogens with one attached hydrogen (secondary N) is 1. The highest BCUT2D eigenvalue weighted by atomic mass is 16.3. The third-order valence-corrected chi connectivity index (χ3v) is 4.85. The van der Waals surface area contributed by atoms with E-state index in [-0.39, 0.29) is 17.4 Å². The van der Waals surface area contributed by atoms with Crippen LogP contribution in [0.1, 0.15) is 53.8 Å². The van der Waals surface area contributed by atoms with Gasteiger partial charge in [-0.25, -0.2) is 9.67 Å². The van der Waals surface area contributed by atoms with Crippen LogP contribution in [0, 0.1) is 12.3 Å². The Morgan fingerprint density at radius 3 is 2.77 bits per heavy atom. The van der Waals surface area contributed by atoms with E-state index in [1.54, 1.807) is 11.0 Å². The molecule has 4 rings (SSSR count). The van der Waals surface area contributed by atoms with E-state index in [2.05, 4.69) is 29.2 Å². The molecule has 6 heteroatoms. The van der Waals surface area contributed by atoms with Crippen molar-refractivity contribution in [2.45, 2.75) is 39.7 Å². The van der Waals surface area contributed by atoms with E-state index < -0.39 is 0 Å². The molecule has 2 heterocycles. The van der Waals surface area contributed by atoms with Crippen molar-refractivity contribution in [3.63, 3.8) is 0 Å². The van der Waals surface area contributed by atoms with Crippen LogP contribution < -0.4 is 5.32 Å². The molecule has 6 nitrogen and oxygen atoms in total. The molecule has 1 N–H and O–H groups in total. The molecule has 0 radical (unpaired) electrons. The predicted molar refractivity (Wildman–Crippen MR) is 97.1 cm³/mol. The van der Waals surface area contributed by atoms with Crippen molar-refractivity contribution in [2.24, 2.45) is 5.41 Å². The molecule has 1 amide bonds. The molecule has 2 aromatic heterocycles. The first kappa shape index (κ1) is 16.6. The minimum Gasteiger partial charge on any atom is -0.466 e. The lowest BCUT2D eigenvalue weighted by molar-refractivity contribution is 0.0917. The van der Waals surface area contributed by atoms with Gasteiger partial charge in [0.2, 0.25) is 0 Å². The normalized spacial score (nSPS) is 18.3. The van der Waals surface area contributed by atoms with Crippen LogP contribution in [0.3, 0.4) is 0 Å². The molecule has 0 bridgehead atoms. The Hall–Kier alpha value is -2.89. The summed E-state index contributed by atoms with van der Waals surface area (Å²) in [6, 6.07) is 9.35. The van der Waals surface area contributed by atoms with Gasteiger partial charge < -0.3 is 9.73 Å². The van der Waals surface area contributed by atoms with Crippen LogP contribution in [-0.4, -0.2) is 20.7 Å². The Bertz CT molecular complexity index is 923. The average molecular weight is 350 g/mol. The smallest absolute Gasteiger partial charge is 0.251 e. The maximum Gasteiger partial charge on any atom is 0.251 e. The number of furan rings is 1. The van der Waals surface area contributed by atoms with Gasteiger partial charge >= 0.3 is 0 Å². The number of fused-ring (bicyclic) bond motifs is 1. The number of amides is 1. The topological polar surface area (TPSA) is 73.0 Å². The number of hydrogen-bond donors (Lipinski definition) is 1. The zero-order valence-corrected chi connectivity index (χ0v) is 15.2. The van der Waals surface area contributed by atoms with Gasteiger partial charge in [-0.1, -0.05) is 13.8 Å². The molecular formula is C20H22N4O2. The monoisotopic (exact) mass is 350 g/mol. The zero-order valence-electron chi connectivity index (χ0n) is 15.2. The molecule has 1 aromatic carbocycles. The van der Waals surface area contributed by atoms with E-state index in [4.69, 9.17) is 4.42 Å². The highest BCUT2D eigenvalue weighted by Gasteiger charge is 2.35. The fourth-order valence-corrected chi connectivity index (χ4v) is 3.66. The molecule has 0 fully saturated rings. The third-order valence-electron chi connectivity index (χ3n) is 4.85. The Kier molecular flexibility index (Phi) is 3.90. The van der Waals surface area contributed by atoms with Crippen LogP contribution in [0.2, 0.25) is 0 Å². The highest BCUT2D eigenvalue weighted by molar-refractivity contribution is 5.94. The lowest BCUT2D eigenvalue weighted by Gasteiger charge is -2.34. The molecule has 0 spiro atoms. The molecule has 1 atom stereocenters. The molecular weight excluding hydrogens is 328 g/mol. The SMILES string of the molecule is Cc1cc2c(o1)CC(C)(C)C[C@H]2NC(=O)c1ccc(-n2cncn2)cc1. The van der Waals surface area contributed by atoms with Crippen LogP contribution in [-0.2, 0) is 6.42 Å². The Labute approximate surface area is 152 Å². The van der Waals surface area contributed by atoms with Crippen molar-refractivity contribution < 1.29 is 9.21 Å². The van der Waals surface area contributed by atoms with Gasteiger partial charge in [-0.3, -0.25) is 4.79 Å². The fraction of sp³-hybridized carbons (Fsp3) is 0.350. The minimum atomic E-state index is -0.0809. The molecule has 0 saturated carbocycles. The summed E-state index contributed by atoms with van der Waals surface area (Å²) in [7, 11) is 0. The highest BCUT2D eigenvalue weighted by Crippen LogP contribution is 2.42. The van der Waals surface area contributed by atoms with E-state index in [0.717, 1.165) is 35.6 Å². The first-order chi connectivity index (χ1) is 12.4. The Morgan fingerprint density at radius 2 is 2.08 bits per heavy atom. The van der Waals surface area contributed by atoms with E-state index >= 15 is 0 Å². The zero-order chi connectivity index (χ0) is 18.3. The van der Waals surface area contributed by atoms with E-state index in [9.17, 15) is 4.79 Å². The molecule has 3 aromatic rings. The standard InChI is InChI=1S/C20H22N4O2/c1-13-8-16-17(9-20(2,3)10-18(16)26-13)23-19(25)14-4-6-15(7-5-14)24-12-21-11-22-24/h4-8,11-12,17H,9-10H2,1-3H3,(H,23,25)/t17-/m1/s1. The van der Waals surface area contributed by atoms with E-state index in [1.807, 2.05) is 37.3 Å². The van der Waals surface area contributed by atoms with Crippen LogP contribution >= 0.6 is 0 Å². The van der Waals surface area contributed by atoms with Gasteiger partial charge in [-0.15, -0.1) is 0 Å². The molecule has 0 saturated heterocycles. The summed E-state index contributed by atoms with van der Waals surface area (Å²) in [5.41, 5.74) is 2.69. The summed E-state index contributed by atoms with van der Waals surface area (Å²) in [5.74, 6) is 1.80. The third kappa shape index (κ3) is 3.14. The largest absolute Gasteiger partial charge is 0.466 e. The van der Waals surface area contributed by atoms with Crippen molar-refractivity contribution in [1.29, 1.82) is 0 Å². The van der Waals surface area contributed by atoms with Gasteiger partial charge in [0.05, 0.1) is 11.7 Å². The van der Waals surface area contributed by atoms with E-state index in [1.165, 1.54) is 6.33 Å². The van der Waals surface area contributed by atoms with Crippen LogP contribution in [0.15, 0.2) is 47.4 Å². The lowest BCUT2D eigenvalue weighted by Crippen LogP contribution is -2.36. The Morgan fingerprint density at radius 1 is 1.31 bits per heavy atom. The summed E-state index contributed by atoms with van der Waals surface area (Å²) in [6.45, 7) is 6.37. The summed E-state index contributed by atoms with van der Waals surface area (Å²) < 4.78 is 7.51. The molecule has 26 heavy (non-hydrogen) atoms. The second kappa shape index (κ2) is 6.12. The molecule has 0 aliphatic heterocycles. The minimum absolute atomic E-state index is 0.0336. The molecule has 134 valence electrons. The van der Waals surface area contributed by atoms with Gasteiger partial charge in [0.25, 0.3) is 5.91 Å². The first-order valence-electron chi connectivity index (χ1n) is 8.76. The molecule has 1 aliphatic carbocycles. The van der Waals surface area contributed by atoms with Crippen LogP contribution in [0.4, 0.5) is 0 Å². The van der Waals surface area contributed by atoms with Gasteiger partial charge in [-0.05, 0) is 49.1 Å². The van der Waals surface area contributed by atoms with Crippen molar-refractivity contribution >= 4 is 5.91 Å². The number of aryl methyl sites for hydroxylation is 1. The van der Waals surface area contributed by atoms with Crippen LogP contribution in [0.5, 0.6) is 0 Å². The summed E-state index contributed by atoms with van der Waals surface area (Å²) in [6.07, 6.45) is 4.90.